The first-order chi connectivity index (χ1) is 6.72. The van der Waals surface area contributed by atoms with E-state index in [1.165, 1.54) is 5.56 Å². The third kappa shape index (κ3) is 3.65. The Kier molecular flexibility index (Phi) is 4.24. The molecule has 0 fully saturated rings. The second-order valence-electron chi connectivity index (χ2n) is 3.85. The van der Waals surface area contributed by atoms with Gasteiger partial charge in [0.15, 0.2) is 0 Å². The van der Waals surface area contributed by atoms with Crippen LogP contribution >= 0.6 is 0 Å². The molecule has 0 spiro atoms. The molecule has 0 saturated carbocycles. The molecule has 0 radical (unpaired) electrons. The Morgan fingerprint density at radius 1 is 1.43 bits per heavy atom. The Morgan fingerprint density at radius 2 is 2.21 bits per heavy atom. The van der Waals surface area contributed by atoms with Gasteiger partial charge in [-0.3, -0.25) is 0 Å². The Labute approximate surface area is 86.4 Å². The molecule has 0 saturated heterocycles. The quantitative estimate of drug-likeness (QED) is 0.646. The van der Waals surface area contributed by atoms with Crippen LogP contribution in [0, 0.1) is 5.92 Å². The van der Waals surface area contributed by atoms with Crippen molar-refractivity contribution in [2.45, 2.75) is 20.3 Å². The van der Waals surface area contributed by atoms with Gasteiger partial charge in [0.05, 0.1) is 0 Å². The van der Waals surface area contributed by atoms with E-state index in [1.54, 1.807) is 6.08 Å². The zero-order chi connectivity index (χ0) is 10.4. The van der Waals surface area contributed by atoms with Crippen LogP contribution in [0.15, 0.2) is 36.9 Å². The summed E-state index contributed by atoms with van der Waals surface area (Å²) in [6, 6.07) is 8.26. The van der Waals surface area contributed by atoms with E-state index in [-0.39, 0.29) is 0 Å². The summed E-state index contributed by atoms with van der Waals surface area (Å²) in [5, 5.41) is 0. The van der Waals surface area contributed by atoms with Crippen LogP contribution in [0.25, 0.3) is 0 Å². The van der Waals surface area contributed by atoms with Crippen LogP contribution in [0.3, 0.4) is 0 Å². The van der Waals surface area contributed by atoms with Gasteiger partial charge < -0.3 is 4.74 Å². The maximum absolute atomic E-state index is 5.46. The molecule has 0 aliphatic heterocycles. The number of benzene rings is 1. The molecule has 0 amide bonds. The predicted molar refractivity (Wildman–Crippen MR) is 60.7 cm³/mol. The van der Waals surface area contributed by atoms with Crippen molar-refractivity contribution in [2.24, 2.45) is 5.92 Å². The van der Waals surface area contributed by atoms with Crippen molar-refractivity contribution >= 4 is 0 Å². The Morgan fingerprint density at radius 3 is 2.86 bits per heavy atom. The Bertz CT molecular complexity index is 289. The molecule has 0 aliphatic rings. The van der Waals surface area contributed by atoms with Crippen molar-refractivity contribution in [3.05, 3.63) is 42.5 Å². The second-order valence-corrected chi connectivity index (χ2v) is 3.85. The summed E-state index contributed by atoms with van der Waals surface area (Å²) in [7, 11) is 0. The average Bonchev–Trinajstić information content (AvgIpc) is 2.14. The molecule has 0 heterocycles. The molecule has 0 unspecified atom stereocenters. The topological polar surface area (TPSA) is 9.23 Å². The van der Waals surface area contributed by atoms with Crippen LogP contribution in [0.2, 0.25) is 0 Å². The van der Waals surface area contributed by atoms with E-state index < -0.39 is 0 Å². The molecule has 0 bridgehead atoms. The van der Waals surface area contributed by atoms with Crippen molar-refractivity contribution in [3.63, 3.8) is 0 Å². The second kappa shape index (κ2) is 5.48. The lowest BCUT2D eigenvalue weighted by Crippen LogP contribution is -1.96. The van der Waals surface area contributed by atoms with Gasteiger partial charge in [0.2, 0.25) is 0 Å². The van der Waals surface area contributed by atoms with Gasteiger partial charge in [0.1, 0.15) is 12.4 Å². The summed E-state index contributed by atoms with van der Waals surface area (Å²) in [5.74, 6) is 1.62. The highest BCUT2D eigenvalue weighted by Gasteiger charge is 1.99. The number of hydrogen-bond acceptors (Lipinski definition) is 1. The molecule has 76 valence electrons. The Balaban J connectivity index is 2.63. The highest BCUT2D eigenvalue weighted by atomic mass is 16.5. The molecule has 1 aromatic rings. The fourth-order valence-corrected chi connectivity index (χ4v) is 1.39. The SMILES string of the molecule is C=CCOc1cccc(CC(C)C)c1. The zero-order valence-electron chi connectivity index (χ0n) is 8.99. The third-order valence-electron chi connectivity index (χ3n) is 1.91. The van der Waals surface area contributed by atoms with E-state index in [4.69, 9.17) is 4.74 Å². The van der Waals surface area contributed by atoms with Crippen LogP contribution in [0.4, 0.5) is 0 Å². The molecule has 1 nitrogen and oxygen atoms in total. The fraction of sp³-hybridized carbons (Fsp3) is 0.385. The maximum atomic E-state index is 5.46. The van der Waals surface area contributed by atoms with Gasteiger partial charge in [-0.1, -0.05) is 38.6 Å². The number of hydrogen-bond donors (Lipinski definition) is 0. The lowest BCUT2D eigenvalue weighted by molar-refractivity contribution is 0.362. The van der Waals surface area contributed by atoms with E-state index in [0.717, 1.165) is 12.2 Å². The van der Waals surface area contributed by atoms with Crippen LogP contribution in [0.5, 0.6) is 5.75 Å². The summed E-state index contributed by atoms with van der Waals surface area (Å²) in [4.78, 5) is 0. The van der Waals surface area contributed by atoms with E-state index in [0.29, 0.717) is 12.5 Å². The van der Waals surface area contributed by atoms with E-state index >= 15 is 0 Å². The molecule has 1 rings (SSSR count). The van der Waals surface area contributed by atoms with Crippen molar-refractivity contribution in [1.29, 1.82) is 0 Å². The monoisotopic (exact) mass is 190 g/mol. The van der Waals surface area contributed by atoms with Crippen LogP contribution in [-0.2, 0) is 6.42 Å². The molecule has 0 aliphatic carbocycles. The summed E-state index contributed by atoms with van der Waals surface area (Å²) in [6.45, 7) is 8.64. The lowest BCUT2D eigenvalue weighted by Gasteiger charge is -2.07. The number of ether oxygens (including phenoxy) is 1. The predicted octanol–water partition coefficient (Wildman–Crippen LogP) is 3.45. The molecule has 0 N–H and O–H groups in total. The summed E-state index contributed by atoms with van der Waals surface area (Å²) in [6.07, 6.45) is 2.86. The summed E-state index contributed by atoms with van der Waals surface area (Å²) in [5.41, 5.74) is 1.33. The van der Waals surface area contributed by atoms with Gasteiger partial charge in [-0.15, -0.1) is 0 Å². The van der Waals surface area contributed by atoms with Crippen molar-refractivity contribution in [3.8, 4) is 5.75 Å². The first-order valence-electron chi connectivity index (χ1n) is 5.05. The lowest BCUT2D eigenvalue weighted by atomic mass is 10.0. The molecular formula is C13H18O. The van der Waals surface area contributed by atoms with Gasteiger partial charge in [0.25, 0.3) is 0 Å². The van der Waals surface area contributed by atoms with E-state index in [2.05, 4.69) is 32.6 Å². The standard InChI is InChI=1S/C13H18O/c1-4-8-14-13-7-5-6-12(10-13)9-11(2)3/h4-7,10-11H,1,8-9H2,2-3H3. The van der Waals surface area contributed by atoms with Gasteiger partial charge >= 0.3 is 0 Å². The van der Waals surface area contributed by atoms with Gasteiger partial charge in [-0.2, -0.15) is 0 Å². The minimum absolute atomic E-state index is 0.575. The van der Waals surface area contributed by atoms with Crippen molar-refractivity contribution in [1.82, 2.24) is 0 Å². The Hall–Kier alpha value is -1.24. The first kappa shape index (κ1) is 10.8. The minimum atomic E-state index is 0.575. The van der Waals surface area contributed by atoms with Crippen molar-refractivity contribution < 1.29 is 4.74 Å². The average molecular weight is 190 g/mol. The molecule has 1 heteroatoms. The molecule has 0 atom stereocenters. The molecule has 14 heavy (non-hydrogen) atoms. The molecule has 1 aromatic carbocycles. The third-order valence-corrected chi connectivity index (χ3v) is 1.91. The smallest absolute Gasteiger partial charge is 0.120 e. The van der Waals surface area contributed by atoms with Crippen LogP contribution in [0.1, 0.15) is 19.4 Å². The van der Waals surface area contributed by atoms with Crippen LogP contribution in [-0.4, -0.2) is 6.61 Å². The van der Waals surface area contributed by atoms with E-state index in [1.807, 2.05) is 12.1 Å². The van der Waals surface area contributed by atoms with Crippen molar-refractivity contribution in [2.75, 3.05) is 6.61 Å². The molecule has 0 aromatic heterocycles. The normalized spacial score (nSPS) is 10.2. The molecular weight excluding hydrogens is 172 g/mol. The maximum Gasteiger partial charge on any atom is 0.120 e. The number of rotatable bonds is 5. The van der Waals surface area contributed by atoms with Gasteiger partial charge in [0, 0.05) is 0 Å². The first-order valence-corrected chi connectivity index (χ1v) is 5.05. The highest BCUT2D eigenvalue weighted by Crippen LogP contribution is 2.16. The van der Waals surface area contributed by atoms with Gasteiger partial charge in [-0.25, -0.2) is 0 Å². The van der Waals surface area contributed by atoms with E-state index in [9.17, 15) is 0 Å². The largest absolute Gasteiger partial charge is 0.490 e. The minimum Gasteiger partial charge on any atom is -0.490 e. The van der Waals surface area contributed by atoms with Gasteiger partial charge in [-0.05, 0) is 30.0 Å². The fourth-order valence-electron chi connectivity index (χ4n) is 1.39. The summed E-state index contributed by atoms with van der Waals surface area (Å²) < 4.78 is 5.46. The van der Waals surface area contributed by atoms with Crippen LogP contribution < -0.4 is 4.74 Å². The zero-order valence-corrected chi connectivity index (χ0v) is 8.99. The highest BCUT2D eigenvalue weighted by molar-refractivity contribution is 5.28. The summed E-state index contributed by atoms with van der Waals surface area (Å²) >= 11 is 0.